The van der Waals surface area contributed by atoms with E-state index in [2.05, 4.69) is 0 Å². The largest absolute Gasteiger partial charge is 0.457 e. The first-order chi connectivity index (χ1) is 9.93. The summed E-state index contributed by atoms with van der Waals surface area (Å²) >= 11 is 0. The van der Waals surface area contributed by atoms with Crippen molar-refractivity contribution in [2.24, 2.45) is 0 Å². The number of rotatable bonds is 1. The van der Waals surface area contributed by atoms with E-state index in [0.29, 0.717) is 12.8 Å². The molecule has 2 aliphatic carbocycles. The van der Waals surface area contributed by atoms with Gasteiger partial charge < -0.3 is 29.5 Å². The standard InChI is InChI=1S/C14H22O7/c1-7(15)19-11-8(16)9(17)12-13(10(11)18)21-14(20-12)5-3-2-4-6-14/h8-13,16-18H,2-6H2,1H3/t8-,9-,10-,11+,12-,13+/m1/s1. The third kappa shape index (κ3) is 2.57. The molecule has 3 N–H and O–H groups in total. The van der Waals surface area contributed by atoms with Crippen LogP contribution in [0.1, 0.15) is 39.0 Å². The van der Waals surface area contributed by atoms with Gasteiger partial charge in [0, 0.05) is 19.8 Å². The molecule has 7 nitrogen and oxygen atoms in total. The van der Waals surface area contributed by atoms with Gasteiger partial charge in [-0.25, -0.2) is 0 Å². The SMILES string of the molecule is CC(=O)O[C@H]1[C@H](O)[C@@H](O)[C@H]2OC3(CCCCC3)O[C@H]2[C@@H]1O. The summed E-state index contributed by atoms with van der Waals surface area (Å²) in [6.07, 6.45) is -2.26. The van der Waals surface area contributed by atoms with Gasteiger partial charge >= 0.3 is 5.97 Å². The van der Waals surface area contributed by atoms with Crippen LogP contribution in [-0.4, -0.2) is 63.7 Å². The minimum absolute atomic E-state index is 0.630. The van der Waals surface area contributed by atoms with Crippen molar-refractivity contribution in [1.29, 1.82) is 0 Å². The maximum absolute atomic E-state index is 11.1. The first kappa shape index (κ1) is 15.2. The summed E-state index contributed by atoms with van der Waals surface area (Å²) in [7, 11) is 0. The molecule has 1 heterocycles. The molecule has 120 valence electrons. The Balaban J connectivity index is 1.80. The van der Waals surface area contributed by atoms with Crippen molar-refractivity contribution in [1.82, 2.24) is 0 Å². The van der Waals surface area contributed by atoms with Crippen LogP contribution >= 0.6 is 0 Å². The molecule has 0 aromatic carbocycles. The number of ether oxygens (including phenoxy) is 3. The smallest absolute Gasteiger partial charge is 0.303 e. The average molecular weight is 302 g/mol. The van der Waals surface area contributed by atoms with E-state index >= 15 is 0 Å². The number of aliphatic hydroxyl groups is 3. The van der Waals surface area contributed by atoms with E-state index in [1.165, 1.54) is 6.92 Å². The molecule has 3 aliphatic rings. The van der Waals surface area contributed by atoms with Crippen molar-refractivity contribution in [2.45, 2.75) is 81.4 Å². The van der Waals surface area contributed by atoms with Crippen LogP contribution in [0.5, 0.6) is 0 Å². The summed E-state index contributed by atoms with van der Waals surface area (Å²) in [5, 5.41) is 30.6. The second-order valence-corrected chi connectivity index (χ2v) is 6.18. The predicted molar refractivity (Wildman–Crippen MR) is 69.1 cm³/mol. The number of esters is 1. The fraction of sp³-hybridized carbons (Fsp3) is 0.929. The Morgan fingerprint density at radius 3 is 2.14 bits per heavy atom. The number of hydrogen-bond donors (Lipinski definition) is 3. The molecule has 0 amide bonds. The van der Waals surface area contributed by atoms with Crippen molar-refractivity contribution >= 4 is 5.97 Å². The summed E-state index contributed by atoms with van der Waals surface area (Å²) in [4.78, 5) is 11.1. The molecule has 7 heteroatoms. The highest BCUT2D eigenvalue weighted by Gasteiger charge is 2.60. The maximum atomic E-state index is 11.1. The minimum Gasteiger partial charge on any atom is -0.457 e. The third-order valence-electron chi connectivity index (χ3n) is 4.64. The lowest BCUT2D eigenvalue weighted by molar-refractivity contribution is -0.210. The van der Waals surface area contributed by atoms with Gasteiger partial charge in [0.15, 0.2) is 11.9 Å². The molecule has 1 spiro atoms. The van der Waals surface area contributed by atoms with E-state index in [9.17, 15) is 20.1 Å². The average Bonchev–Trinajstić information content (AvgIpc) is 2.81. The molecule has 6 atom stereocenters. The van der Waals surface area contributed by atoms with Crippen molar-refractivity contribution in [3.05, 3.63) is 0 Å². The van der Waals surface area contributed by atoms with E-state index in [1.807, 2.05) is 0 Å². The quantitative estimate of drug-likeness (QED) is 0.559. The summed E-state index contributed by atoms with van der Waals surface area (Å²) in [6.45, 7) is 1.19. The first-order valence-corrected chi connectivity index (χ1v) is 7.51. The van der Waals surface area contributed by atoms with Crippen LogP contribution in [0.25, 0.3) is 0 Å². The van der Waals surface area contributed by atoms with Gasteiger partial charge in [0.25, 0.3) is 0 Å². The lowest BCUT2D eigenvalue weighted by Gasteiger charge is -2.40. The van der Waals surface area contributed by atoms with Gasteiger partial charge in [-0.05, 0) is 12.8 Å². The molecule has 2 saturated carbocycles. The summed E-state index contributed by atoms with van der Waals surface area (Å²) < 4.78 is 16.7. The van der Waals surface area contributed by atoms with E-state index < -0.39 is 48.4 Å². The van der Waals surface area contributed by atoms with Crippen molar-refractivity contribution in [3.63, 3.8) is 0 Å². The second-order valence-electron chi connectivity index (χ2n) is 6.18. The molecule has 3 fully saturated rings. The Bertz CT molecular complexity index is 406. The Labute approximate surface area is 122 Å². The lowest BCUT2D eigenvalue weighted by Crippen LogP contribution is -2.63. The van der Waals surface area contributed by atoms with Crippen molar-refractivity contribution in [3.8, 4) is 0 Å². The van der Waals surface area contributed by atoms with Crippen LogP contribution in [0.4, 0.5) is 0 Å². The normalized spacial score (nSPS) is 45.3. The van der Waals surface area contributed by atoms with Crippen molar-refractivity contribution < 1.29 is 34.3 Å². The molecule has 3 rings (SSSR count). The second kappa shape index (κ2) is 5.48. The molecule has 21 heavy (non-hydrogen) atoms. The van der Waals surface area contributed by atoms with Crippen LogP contribution in [0.15, 0.2) is 0 Å². The first-order valence-electron chi connectivity index (χ1n) is 7.51. The van der Waals surface area contributed by atoms with Crippen LogP contribution in [-0.2, 0) is 19.0 Å². The highest BCUT2D eigenvalue weighted by atomic mass is 16.8. The zero-order valence-corrected chi connectivity index (χ0v) is 12.0. The Hall–Kier alpha value is -0.730. The van der Waals surface area contributed by atoms with Crippen LogP contribution < -0.4 is 0 Å². The number of aliphatic hydroxyl groups excluding tert-OH is 3. The monoisotopic (exact) mass is 302 g/mol. The summed E-state index contributed by atoms with van der Waals surface area (Å²) in [5.74, 6) is -1.42. The Morgan fingerprint density at radius 2 is 1.57 bits per heavy atom. The molecule has 0 unspecified atom stereocenters. The Morgan fingerprint density at radius 1 is 1.00 bits per heavy atom. The Kier molecular flexibility index (Phi) is 3.96. The molecule has 0 bridgehead atoms. The summed E-state index contributed by atoms with van der Waals surface area (Å²) in [5.41, 5.74) is 0. The number of fused-ring (bicyclic) bond motifs is 1. The third-order valence-corrected chi connectivity index (χ3v) is 4.64. The number of carbonyl (C=O) groups excluding carboxylic acids is 1. The molecular formula is C14H22O7. The summed E-state index contributed by atoms with van der Waals surface area (Å²) in [6, 6.07) is 0. The van der Waals surface area contributed by atoms with Crippen LogP contribution in [0.2, 0.25) is 0 Å². The fourth-order valence-corrected chi connectivity index (χ4v) is 3.62. The fourth-order valence-electron chi connectivity index (χ4n) is 3.62. The molecule has 0 aromatic rings. The van der Waals surface area contributed by atoms with Crippen LogP contribution in [0, 0.1) is 0 Å². The van der Waals surface area contributed by atoms with E-state index in [4.69, 9.17) is 14.2 Å². The van der Waals surface area contributed by atoms with Gasteiger partial charge in [0.05, 0.1) is 0 Å². The molecule has 1 saturated heterocycles. The van der Waals surface area contributed by atoms with Gasteiger partial charge in [-0.2, -0.15) is 0 Å². The highest BCUT2D eigenvalue weighted by Crippen LogP contribution is 2.45. The molecule has 0 radical (unpaired) electrons. The van der Waals surface area contributed by atoms with Gasteiger partial charge in [-0.15, -0.1) is 0 Å². The maximum Gasteiger partial charge on any atom is 0.303 e. The molecular weight excluding hydrogens is 280 g/mol. The number of carbonyl (C=O) groups is 1. The van der Waals surface area contributed by atoms with E-state index in [-0.39, 0.29) is 0 Å². The van der Waals surface area contributed by atoms with Crippen molar-refractivity contribution in [2.75, 3.05) is 0 Å². The van der Waals surface area contributed by atoms with Gasteiger partial charge in [0.2, 0.25) is 0 Å². The highest BCUT2D eigenvalue weighted by molar-refractivity contribution is 5.66. The van der Waals surface area contributed by atoms with Gasteiger partial charge in [0.1, 0.15) is 30.5 Å². The predicted octanol–water partition coefficient (Wildman–Crippen LogP) is -0.541. The van der Waals surface area contributed by atoms with E-state index in [1.54, 1.807) is 0 Å². The minimum atomic E-state index is -1.40. The zero-order chi connectivity index (χ0) is 15.2. The molecule has 0 aromatic heterocycles. The van der Waals surface area contributed by atoms with Gasteiger partial charge in [-0.1, -0.05) is 6.42 Å². The number of hydrogen-bond acceptors (Lipinski definition) is 7. The van der Waals surface area contributed by atoms with Gasteiger partial charge in [-0.3, -0.25) is 4.79 Å². The topological polar surface area (TPSA) is 105 Å². The zero-order valence-electron chi connectivity index (χ0n) is 12.0. The van der Waals surface area contributed by atoms with Crippen LogP contribution in [0.3, 0.4) is 0 Å². The molecule has 1 aliphatic heterocycles. The van der Waals surface area contributed by atoms with E-state index in [0.717, 1.165) is 19.3 Å². The lowest BCUT2D eigenvalue weighted by atomic mass is 9.85.